The Hall–Kier alpha value is -1.36. The first-order valence-corrected chi connectivity index (χ1v) is 5.38. The maximum Gasteiger partial charge on any atom is 0.338 e. The van der Waals surface area contributed by atoms with Crippen molar-refractivity contribution >= 4 is 28.2 Å². The number of carbonyl (C=O) groups is 2. The van der Waals surface area contributed by atoms with Crippen LogP contribution >= 0.6 is 11.3 Å². The Morgan fingerprint density at radius 3 is 2.53 bits per heavy atom. The van der Waals surface area contributed by atoms with E-state index in [1.807, 2.05) is 6.92 Å². The van der Waals surface area contributed by atoms with Crippen LogP contribution in [0.1, 0.15) is 29.1 Å². The van der Waals surface area contributed by atoms with Crippen LogP contribution in [-0.2, 0) is 4.79 Å². The van der Waals surface area contributed by atoms with Gasteiger partial charge >= 0.3 is 5.97 Å². The third-order valence-electron chi connectivity index (χ3n) is 1.85. The number of rotatable bonds is 3. The second-order valence-corrected chi connectivity index (χ2v) is 4.81. The lowest BCUT2D eigenvalue weighted by Crippen LogP contribution is -2.18. The third kappa shape index (κ3) is 2.79. The van der Waals surface area contributed by atoms with Crippen LogP contribution in [0.15, 0.2) is 6.07 Å². The molecule has 15 heavy (non-hydrogen) atoms. The van der Waals surface area contributed by atoms with Gasteiger partial charge in [0.15, 0.2) is 0 Å². The van der Waals surface area contributed by atoms with E-state index in [2.05, 4.69) is 5.32 Å². The van der Waals surface area contributed by atoms with Crippen LogP contribution < -0.4 is 5.32 Å². The van der Waals surface area contributed by atoms with Crippen LogP contribution in [0.5, 0.6) is 0 Å². The van der Waals surface area contributed by atoms with E-state index in [-0.39, 0.29) is 17.4 Å². The van der Waals surface area contributed by atoms with Gasteiger partial charge in [0.2, 0.25) is 5.91 Å². The van der Waals surface area contributed by atoms with Gasteiger partial charge in [-0.25, -0.2) is 4.79 Å². The van der Waals surface area contributed by atoms with Gasteiger partial charge in [0.05, 0.1) is 5.56 Å². The predicted molar refractivity (Wildman–Crippen MR) is 59.5 cm³/mol. The van der Waals surface area contributed by atoms with E-state index in [1.165, 1.54) is 11.3 Å². The van der Waals surface area contributed by atoms with E-state index in [0.29, 0.717) is 5.00 Å². The van der Waals surface area contributed by atoms with Crippen molar-refractivity contribution in [3.05, 3.63) is 16.5 Å². The van der Waals surface area contributed by atoms with Gasteiger partial charge < -0.3 is 10.4 Å². The summed E-state index contributed by atoms with van der Waals surface area (Å²) in [5, 5.41) is 11.9. The first-order valence-electron chi connectivity index (χ1n) is 4.56. The van der Waals surface area contributed by atoms with E-state index >= 15 is 0 Å². The van der Waals surface area contributed by atoms with Gasteiger partial charge in [-0.15, -0.1) is 11.3 Å². The zero-order valence-electron chi connectivity index (χ0n) is 8.83. The van der Waals surface area contributed by atoms with E-state index in [9.17, 15) is 9.59 Å². The van der Waals surface area contributed by atoms with Crippen molar-refractivity contribution in [2.45, 2.75) is 20.8 Å². The van der Waals surface area contributed by atoms with Crippen molar-refractivity contribution in [1.82, 2.24) is 0 Å². The molecule has 0 spiro atoms. The molecule has 1 aromatic heterocycles. The minimum atomic E-state index is -1.02. The molecular formula is C10H13NO3S. The summed E-state index contributed by atoms with van der Waals surface area (Å²) in [5.74, 6) is -1.34. The molecule has 0 unspecified atom stereocenters. The molecule has 1 aromatic rings. The second kappa shape index (κ2) is 4.44. The Morgan fingerprint density at radius 1 is 1.47 bits per heavy atom. The summed E-state index contributed by atoms with van der Waals surface area (Å²) in [6, 6.07) is 1.56. The molecular weight excluding hydrogens is 214 g/mol. The van der Waals surface area contributed by atoms with Crippen molar-refractivity contribution in [2.24, 2.45) is 5.92 Å². The predicted octanol–water partition coefficient (Wildman–Crippen LogP) is 2.35. The molecule has 82 valence electrons. The van der Waals surface area contributed by atoms with Gasteiger partial charge in [0.25, 0.3) is 0 Å². The summed E-state index contributed by atoms with van der Waals surface area (Å²) >= 11 is 1.28. The lowest BCUT2D eigenvalue weighted by Gasteiger charge is -2.05. The highest BCUT2D eigenvalue weighted by Crippen LogP contribution is 2.27. The fourth-order valence-electron chi connectivity index (χ4n) is 1.02. The normalized spacial score (nSPS) is 10.4. The van der Waals surface area contributed by atoms with Gasteiger partial charge in [-0.3, -0.25) is 4.79 Å². The Bertz CT molecular complexity index is 395. The summed E-state index contributed by atoms with van der Waals surface area (Å²) in [4.78, 5) is 23.1. The van der Waals surface area contributed by atoms with Crippen molar-refractivity contribution in [3.63, 3.8) is 0 Å². The first-order chi connectivity index (χ1) is 6.91. The van der Waals surface area contributed by atoms with Crippen LogP contribution in [0, 0.1) is 12.8 Å². The Labute approximate surface area is 91.9 Å². The molecule has 1 amide bonds. The van der Waals surface area contributed by atoms with Crippen molar-refractivity contribution in [2.75, 3.05) is 5.32 Å². The molecule has 0 bridgehead atoms. The number of hydrogen-bond donors (Lipinski definition) is 2. The smallest absolute Gasteiger partial charge is 0.338 e. The number of hydrogen-bond acceptors (Lipinski definition) is 3. The van der Waals surface area contributed by atoms with Gasteiger partial charge in [-0.05, 0) is 13.0 Å². The molecule has 5 heteroatoms. The Morgan fingerprint density at radius 2 is 2.07 bits per heavy atom. The fraction of sp³-hybridized carbons (Fsp3) is 0.400. The summed E-state index contributed by atoms with van der Waals surface area (Å²) in [6.45, 7) is 5.33. The molecule has 0 saturated carbocycles. The maximum absolute atomic E-state index is 11.4. The maximum atomic E-state index is 11.4. The molecule has 1 heterocycles. The summed E-state index contributed by atoms with van der Waals surface area (Å²) in [7, 11) is 0. The number of amides is 1. The molecule has 0 fully saturated rings. The molecule has 0 aliphatic heterocycles. The van der Waals surface area contributed by atoms with Crippen LogP contribution in [0.25, 0.3) is 0 Å². The molecule has 0 radical (unpaired) electrons. The molecule has 0 aliphatic rings. The number of carboxylic acids is 1. The molecule has 4 nitrogen and oxygen atoms in total. The number of aryl methyl sites for hydroxylation is 1. The highest BCUT2D eigenvalue weighted by atomic mass is 32.1. The lowest BCUT2D eigenvalue weighted by molar-refractivity contribution is -0.118. The van der Waals surface area contributed by atoms with E-state index < -0.39 is 5.97 Å². The summed E-state index contributed by atoms with van der Waals surface area (Å²) in [5.41, 5.74) is 0.159. The highest BCUT2D eigenvalue weighted by Gasteiger charge is 2.16. The van der Waals surface area contributed by atoms with Gasteiger partial charge in [0.1, 0.15) is 5.00 Å². The number of carbonyl (C=O) groups excluding carboxylic acids is 1. The monoisotopic (exact) mass is 227 g/mol. The van der Waals surface area contributed by atoms with Crippen LogP contribution in [0.2, 0.25) is 0 Å². The average molecular weight is 227 g/mol. The Balaban J connectivity index is 2.94. The third-order valence-corrected chi connectivity index (χ3v) is 2.81. The standard InChI is InChI=1S/C10H13NO3S/c1-5(2)8(12)11-9-7(10(13)14)4-6(3)15-9/h4-5H,1-3H3,(H,11,12)(H,13,14). The van der Waals surface area contributed by atoms with Crippen molar-refractivity contribution in [3.8, 4) is 0 Å². The largest absolute Gasteiger partial charge is 0.478 e. The van der Waals surface area contributed by atoms with Crippen LogP contribution in [0.4, 0.5) is 5.00 Å². The second-order valence-electron chi connectivity index (χ2n) is 3.55. The van der Waals surface area contributed by atoms with Gasteiger partial charge in [-0.1, -0.05) is 13.8 Å². The zero-order valence-corrected chi connectivity index (χ0v) is 9.64. The number of anilines is 1. The molecule has 0 saturated heterocycles. The molecule has 2 N–H and O–H groups in total. The molecule has 0 aliphatic carbocycles. The van der Waals surface area contributed by atoms with Gasteiger partial charge in [-0.2, -0.15) is 0 Å². The quantitative estimate of drug-likeness (QED) is 0.833. The van der Waals surface area contributed by atoms with Crippen molar-refractivity contribution < 1.29 is 14.7 Å². The first kappa shape index (κ1) is 11.7. The minimum absolute atomic E-state index is 0.158. The fourth-order valence-corrected chi connectivity index (χ4v) is 1.93. The van der Waals surface area contributed by atoms with Crippen LogP contribution in [-0.4, -0.2) is 17.0 Å². The SMILES string of the molecule is Cc1cc(C(=O)O)c(NC(=O)C(C)C)s1. The van der Waals surface area contributed by atoms with Crippen LogP contribution in [0.3, 0.4) is 0 Å². The van der Waals surface area contributed by atoms with E-state index in [4.69, 9.17) is 5.11 Å². The highest BCUT2D eigenvalue weighted by molar-refractivity contribution is 7.16. The minimum Gasteiger partial charge on any atom is -0.478 e. The molecule has 0 aromatic carbocycles. The van der Waals surface area contributed by atoms with E-state index in [1.54, 1.807) is 19.9 Å². The van der Waals surface area contributed by atoms with E-state index in [0.717, 1.165) is 4.88 Å². The van der Waals surface area contributed by atoms with Gasteiger partial charge in [0, 0.05) is 10.8 Å². The van der Waals surface area contributed by atoms with Crippen molar-refractivity contribution in [1.29, 1.82) is 0 Å². The number of aromatic carboxylic acids is 1. The number of nitrogens with one attached hydrogen (secondary N) is 1. The molecule has 0 atom stereocenters. The average Bonchev–Trinajstić information content (AvgIpc) is 2.46. The number of carboxylic acid groups (broad SMARTS) is 1. The summed E-state index contributed by atoms with van der Waals surface area (Å²) < 4.78 is 0. The topological polar surface area (TPSA) is 66.4 Å². The Kier molecular flexibility index (Phi) is 3.47. The molecule has 1 rings (SSSR count). The lowest BCUT2D eigenvalue weighted by atomic mass is 10.2. The number of thiophene rings is 1. The summed E-state index contributed by atoms with van der Waals surface area (Å²) in [6.07, 6.45) is 0. The zero-order chi connectivity index (χ0) is 11.6.